The first-order valence-electron chi connectivity index (χ1n) is 9.56. The van der Waals surface area contributed by atoms with E-state index in [2.05, 4.69) is 16.5 Å². The van der Waals surface area contributed by atoms with Crippen LogP contribution in [0, 0.1) is 23.1 Å². The third-order valence-corrected chi connectivity index (χ3v) is 5.51. The quantitative estimate of drug-likeness (QED) is 0.762. The molecule has 0 bridgehead atoms. The van der Waals surface area contributed by atoms with Crippen molar-refractivity contribution in [1.82, 2.24) is 20.0 Å². The minimum Gasteiger partial charge on any atom is -0.365 e. The summed E-state index contributed by atoms with van der Waals surface area (Å²) in [6.45, 7) is 0.868. The van der Waals surface area contributed by atoms with Crippen molar-refractivity contribution in [2.24, 2.45) is 11.7 Å². The minimum atomic E-state index is -0.695. The van der Waals surface area contributed by atoms with Crippen LogP contribution >= 0.6 is 11.6 Å². The zero-order valence-corrected chi connectivity index (χ0v) is 17.1. The van der Waals surface area contributed by atoms with Crippen molar-refractivity contribution in [3.05, 3.63) is 64.2 Å². The Morgan fingerprint density at radius 1 is 1.35 bits per heavy atom. The third-order valence-electron chi connectivity index (χ3n) is 5.22. The van der Waals surface area contributed by atoms with Gasteiger partial charge in [-0.15, -0.1) is 0 Å². The normalized spacial score (nSPS) is 17.5. The summed E-state index contributed by atoms with van der Waals surface area (Å²) in [6, 6.07) is 5.88. The van der Waals surface area contributed by atoms with Crippen LogP contribution in [-0.4, -0.2) is 33.2 Å². The molecule has 1 unspecified atom stereocenters. The van der Waals surface area contributed by atoms with Gasteiger partial charge in [0.2, 0.25) is 0 Å². The van der Waals surface area contributed by atoms with Crippen LogP contribution in [0.15, 0.2) is 42.1 Å². The van der Waals surface area contributed by atoms with Crippen LogP contribution in [0.25, 0.3) is 11.3 Å². The summed E-state index contributed by atoms with van der Waals surface area (Å²) in [7, 11) is 0. The number of urea groups is 1. The number of hydrogen-bond donors (Lipinski definition) is 2. The molecule has 4 rings (SSSR count). The summed E-state index contributed by atoms with van der Waals surface area (Å²) in [5.41, 5.74) is 7.68. The topological polar surface area (TPSA) is 117 Å². The number of nitrogens with two attached hydrogens (primary N) is 1. The lowest BCUT2D eigenvalue weighted by Crippen LogP contribution is -2.44. The summed E-state index contributed by atoms with van der Waals surface area (Å²) in [4.78, 5) is 26.5. The average molecular weight is 441 g/mol. The maximum atomic E-state index is 13.5. The molecule has 31 heavy (non-hydrogen) atoms. The van der Waals surface area contributed by atoms with Crippen molar-refractivity contribution < 1.29 is 14.0 Å². The second-order valence-corrected chi connectivity index (χ2v) is 7.64. The molecule has 0 fully saturated rings. The van der Waals surface area contributed by atoms with E-state index in [1.165, 1.54) is 18.2 Å². The zero-order valence-electron chi connectivity index (χ0n) is 16.3. The Bertz CT molecular complexity index is 1180. The van der Waals surface area contributed by atoms with E-state index in [4.69, 9.17) is 22.6 Å². The van der Waals surface area contributed by atoms with Crippen molar-refractivity contribution in [1.29, 1.82) is 5.26 Å². The van der Waals surface area contributed by atoms with E-state index in [-0.39, 0.29) is 29.1 Å². The predicted octanol–water partition coefficient (Wildman–Crippen LogP) is 2.95. The summed E-state index contributed by atoms with van der Waals surface area (Å²) >= 11 is 5.88. The van der Waals surface area contributed by atoms with Gasteiger partial charge in [0.1, 0.15) is 11.5 Å². The van der Waals surface area contributed by atoms with Crippen molar-refractivity contribution in [3.8, 4) is 17.3 Å². The highest BCUT2D eigenvalue weighted by molar-refractivity contribution is 6.31. The lowest BCUT2D eigenvalue weighted by Gasteiger charge is -2.28. The molecule has 2 heterocycles. The van der Waals surface area contributed by atoms with Gasteiger partial charge in [-0.1, -0.05) is 23.8 Å². The summed E-state index contributed by atoms with van der Waals surface area (Å²) < 4.78 is 15.2. The number of allylic oxidation sites excluding steroid dienone is 3. The average Bonchev–Trinajstić information content (AvgIpc) is 3.15. The number of carbonyl (C=O) groups is 2. The summed E-state index contributed by atoms with van der Waals surface area (Å²) in [6.07, 6.45) is 5.77. The van der Waals surface area contributed by atoms with E-state index >= 15 is 0 Å². The molecule has 1 aliphatic carbocycles. The number of hydrogen-bond acceptors (Lipinski definition) is 4. The smallest absolute Gasteiger partial charge is 0.322 e. The van der Waals surface area contributed by atoms with Gasteiger partial charge in [-0.3, -0.25) is 9.48 Å². The number of fused-ring (bicyclic) bond motifs is 1. The highest BCUT2D eigenvalue weighted by atomic mass is 35.5. The lowest BCUT2D eigenvalue weighted by molar-refractivity contribution is 0.0997. The van der Waals surface area contributed by atoms with Gasteiger partial charge in [0, 0.05) is 17.8 Å². The Morgan fingerprint density at radius 2 is 2.16 bits per heavy atom. The fourth-order valence-electron chi connectivity index (χ4n) is 3.61. The fourth-order valence-corrected chi connectivity index (χ4v) is 3.79. The van der Waals surface area contributed by atoms with Crippen LogP contribution in [0.2, 0.25) is 5.02 Å². The van der Waals surface area contributed by atoms with Crippen molar-refractivity contribution >= 4 is 23.5 Å². The van der Waals surface area contributed by atoms with Gasteiger partial charge in [0.25, 0.3) is 5.91 Å². The number of halogens is 2. The number of primary amides is 1. The molecule has 158 valence electrons. The fraction of sp³-hybridized carbons (Fsp3) is 0.238. The molecular formula is C21H18ClFN6O2. The predicted molar refractivity (Wildman–Crippen MR) is 111 cm³/mol. The van der Waals surface area contributed by atoms with Gasteiger partial charge in [-0.05, 0) is 30.7 Å². The molecule has 3 N–H and O–H groups in total. The van der Waals surface area contributed by atoms with Gasteiger partial charge < -0.3 is 16.0 Å². The summed E-state index contributed by atoms with van der Waals surface area (Å²) in [5.74, 6) is -1.47. The van der Waals surface area contributed by atoms with Crippen LogP contribution in [-0.2, 0) is 13.1 Å². The van der Waals surface area contributed by atoms with Crippen LogP contribution in [0.4, 0.5) is 9.18 Å². The van der Waals surface area contributed by atoms with Crippen LogP contribution < -0.4 is 11.1 Å². The highest BCUT2D eigenvalue weighted by Gasteiger charge is 2.30. The molecule has 10 heteroatoms. The summed E-state index contributed by atoms with van der Waals surface area (Å²) in [5, 5.41) is 16.1. The molecule has 1 aromatic heterocycles. The van der Waals surface area contributed by atoms with Crippen molar-refractivity contribution in [3.63, 3.8) is 0 Å². The molecule has 3 amide bonds. The molecule has 1 aromatic carbocycles. The first-order chi connectivity index (χ1) is 14.9. The monoisotopic (exact) mass is 440 g/mol. The second kappa shape index (κ2) is 8.24. The molecule has 8 nitrogen and oxygen atoms in total. The van der Waals surface area contributed by atoms with E-state index < -0.39 is 11.7 Å². The Labute approximate surface area is 182 Å². The number of nitriles is 1. The van der Waals surface area contributed by atoms with Crippen molar-refractivity contribution in [2.45, 2.75) is 19.5 Å². The zero-order chi connectivity index (χ0) is 22.1. The molecule has 1 aliphatic heterocycles. The van der Waals surface area contributed by atoms with Gasteiger partial charge >= 0.3 is 6.03 Å². The molecule has 2 aromatic rings. The largest absolute Gasteiger partial charge is 0.365 e. The van der Waals surface area contributed by atoms with Crippen LogP contribution in [0.1, 0.15) is 22.5 Å². The Hall–Kier alpha value is -3.64. The van der Waals surface area contributed by atoms with E-state index in [0.29, 0.717) is 42.2 Å². The van der Waals surface area contributed by atoms with E-state index in [1.807, 2.05) is 0 Å². The highest BCUT2D eigenvalue weighted by Crippen LogP contribution is 2.30. The van der Waals surface area contributed by atoms with Gasteiger partial charge in [0.05, 0.1) is 41.4 Å². The molecule has 0 saturated carbocycles. The standard InChI is InChI=1S/C21H18ClFN6O2/c22-15-9-13(3-6-16(15)23)19-18(20(25)30)17-11-28(7-8-29(17)27-19)21(31)26-14-4-1-12(10-24)2-5-14/h1,3-6,9,12H,2,7-8,11H2,(H2,25,30)(H,26,31). The maximum absolute atomic E-state index is 13.5. The number of amides is 3. The number of rotatable bonds is 3. The Morgan fingerprint density at radius 3 is 2.81 bits per heavy atom. The first-order valence-corrected chi connectivity index (χ1v) is 9.94. The van der Waals surface area contributed by atoms with Gasteiger partial charge in [-0.2, -0.15) is 10.4 Å². The van der Waals surface area contributed by atoms with Gasteiger partial charge in [0.15, 0.2) is 0 Å². The van der Waals surface area contributed by atoms with Crippen LogP contribution in [0.5, 0.6) is 0 Å². The van der Waals surface area contributed by atoms with E-state index in [0.717, 1.165) is 0 Å². The van der Waals surface area contributed by atoms with E-state index in [9.17, 15) is 14.0 Å². The molecule has 0 radical (unpaired) electrons. The van der Waals surface area contributed by atoms with Crippen LogP contribution in [0.3, 0.4) is 0 Å². The number of aromatic nitrogens is 2. The maximum Gasteiger partial charge on any atom is 0.322 e. The lowest BCUT2D eigenvalue weighted by atomic mass is 10.0. The molecule has 2 aliphatic rings. The Balaban J connectivity index is 1.58. The molecule has 0 spiro atoms. The first kappa shape index (κ1) is 20.6. The number of nitrogens with zero attached hydrogens (tertiary/aromatic N) is 4. The number of nitrogens with one attached hydrogen (secondary N) is 1. The number of benzene rings is 1. The second-order valence-electron chi connectivity index (χ2n) is 7.23. The third kappa shape index (κ3) is 4.02. The van der Waals surface area contributed by atoms with Crippen molar-refractivity contribution in [2.75, 3.05) is 6.54 Å². The Kier molecular flexibility index (Phi) is 5.48. The van der Waals surface area contributed by atoms with E-state index in [1.54, 1.807) is 27.8 Å². The SMILES string of the molecule is N#CC1C=CC(NC(=O)N2CCn3nc(-c4ccc(F)c(Cl)c4)c(C(N)=O)c3C2)=CC1. The molecular weight excluding hydrogens is 423 g/mol. The molecule has 1 atom stereocenters. The molecule has 0 saturated heterocycles. The van der Waals surface area contributed by atoms with Gasteiger partial charge in [-0.25, -0.2) is 9.18 Å². The minimum absolute atomic E-state index is 0.0904. The number of carbonyl (C=O) groups excluding carboxylic acids is 2.